The van der Waals surface area contributed by atoms with E-state index in [0.717, 1.165) is 28.0 Å². The van der Waals surface area contributed by atoms with Crippen LogP contribution in [0.25, 0.3) is 11.6 Å². The first-order valence-corrected chi connectivity index (χ1v) is 13.3. The van der Waals surface area contributed by atoms with Gasteiger partial charge in [-0.25, -0.2) is 0 Å². The smallest absolute Gasteiger partial charge is 0.455 e. The molecule has 3 N–H and O–H groups in total. The maximum absolute atomic E-state index is 13.3. The first-order chi connectivity index (χ1) is 18.4. The van der Waals surface area contributed by atoms with E-state index < -0.39 is 25.1 Å². The van der Waals surface area contributed by atoms with Crippen molar-refractivity contribution < 1.29 is 29.5 Å². The van der Waals surface area contributed by atoms with Crippen LogP contribution in [0.2, 0.25) is 6.32 Å². The highest BCUT2D eigenvalue weighted by Crippen LogP contribution is 2.50. The van der Waals surface area contributed by atoms with Gasteiger partial charge in [0.25, 0.3) is 0 Å². The number of hydrogen-bond acceptors (Lipinski definition) is 7. The summed E-state index contributed by atoms with van der Waals surface area (Å²) < 4.78 is 6.02. The average Bonchev–Trinajstić information content (AvgIpc) is 3.15. The van der Waals surface area contributed by atoms with Gasteiger partial charge in [-0.05, 0) is 90.5 Å². The molecule has 2 saturated heterocycles. The number of aliphatic hydroxyl groups is 1. The van der Waals surface area contributed by atoms with Gasteiger partial charge >= 0.3 is 7.12 Å². The molecule has 4 atom stereocenters. The minimum absolute atomic E-state index is 0.170. The molecule has 1 aliphatic carbocycles. The lowest BCUT2D eigenvalue weighted by atomic mass is 9.58. The molecule has 198 valence electrons. The van der Waals surface area contributed by atoms with E-state index in [1.807, 2.05) is 37.3 Å². The summed E-state index contributed by atoms with van der Waals surface area (Å²) >= 11 is 0. The molecule has 2 amide bonds. The van der Waals surface area contributed by atoms with E-state index in [9.17, 15) is 24.8 Å². The summed E-state index contributed by atoms with van der Waals surface area (Å²) in [4.78, 5) is 32.3. The molecular weight excluding hydrogens is 483 g/mol. The minimum atomic E-state index is -1.07. The fraction of sp³-hybridized carbons (Fsp3) is 0.414. The second-order valence-electron chi connectivity index (χ2n) is 10.3. The molecule has 2 aromatic rings. The lowest BCUT2D eigenvalue weighted by molar-refractivity contribution is -0.140. The first kappa shape index (κ1) is 26.3. The highest BCUT2D eigenvalue weighted by atomic mass is 16.5. The highest BCUT2D eigenvalue weighted by Gasteiger charge is 2.56. The summed E-state index contributed by atoms with van der Waals surface area (Å²) in [6.45, 7) is 2.10. The molecule has 3 aliphatic rings. The Morgan fingerprint density at radius 2 is 2.03 bits per heavy atom. The molecule has 1 aromatic heterocycles. The zero-order valence-corrected chi connectivity index (χ0v) is 21.5. The number of likely N-dealkylation sites (tertiary alicyclic amines) is 1. The summed E-state index contributed by atoms with van der Waals surface area (Å²) in [6.07, 6.45) is 5.46. The lowest BCUT2D eigenvalue weighted by Gasteiger charge is -2.43. The molecule has 0 spiro atoms. The minimum Gasteiger partial charge on any atom is -0.508 e. The highest BCUT2D eigenvalue weighted by molar-refractivity contribution is 6.43. The zero-order valence-electron chi connectivity index (χ0n) is 21.5. The third-order valence-electron chi connectivity index (χ3n) is 7.92. The van der Waals surface area contributed by atoms with E-state index in [4.69, 9.17) is 4.65 Å². The van der Waals surface area contributed by atoms with Crippen molar-refractivity contribution in [2.24, 2.45) is 17.8 Å². The van der Waals surface area contributed by atoms with Gasteiger partial charge in [-0.2, -0.15) is 0 Å². The second-order valence-corrected chi connectivity index (χ2v) is 10.3. The summed E-state index contributed by atoms with van der Waals surface area (Å²) in [5, 5.41) is 30.9. The van der Waals surface area contributed by atoms with Crippen molar-refractivity contribution >= 4 is 30.6 Å². The first-order valence-electron chi connectivity index (χ1n) is 13.3. The number of carbonyl (C=O) groups excluding carboxylic acids is 2. The van der Waals surface area contributed by atoms with Crippen LogP contribution in [0.4, 0.5) is 0 Å². The van der Waals surface area contributed by atoms with Crippen LogP contribution >= 0.6 is 0 Å². The van der Waals surface area contributed by atoms with Crippen LogP contribution in [0, 0.1) is 17.8 Å². The largest absolute Gasteiger partial charge is 0.508 e. The number of allylic oxidation sites excluding steroid dienone is 1. The Morgan fingerprint density at radius 3 is 2.74 bits per heavy atom. The fourth-order valence-electron chi connectivity index (χ4n) is 6.35. The molecule has 0 saturated carbocycles. The Balaban J connectivity index is 1.45. The van der Waals surface area contributed by atoms with Crippen molar-refractivity contribution in [2.75, 3.05) is 13.2 Å². The fourth-order valence-corrected chi connectivity index (χ4v) is 6.35. The van der Waals surface area contributed by atoms with Crippen molar-refractivity contribution in [3.63, 3.8) is 0 Å². The normalized spacial score (nSPS) is 25.6. The van der Waals surface area contributed by atoms with Crippen LogP contribution in [0.5, 0.6) is 5.75 Å². The number of phenolic OH excluding ortho intramolecular Hbond substituents is 1. The van der Waals surface area contributed by atoms with Crippen LogP contribution in [0.3, 0.4) is 0 Å². The van der Waals surface area contributed by atoms with Gasteiger partial charge in [-0.1, -0.05) is 25.1 Å². The number of benzene rings is 1. The van der Waals surface area contributed by atoms with Crippen LogP contribution in [0.1, 0.15) is 43.9 Å². The maximum Gasteiger partial charge on any atom is 0.455 e. The second kappa shape index (κ2) is 11.2. The summed E-state index contributed by atoms with van der Waals surface area (Å²) in [6, 6.07) is 12.7. The van der Waals surface area contributed by atoms with Gasteiger partial charge < -0.3 is 19.9 Å². The molecule has 2 fully saturated rings. The van der Waals surface area contributed by atoms with Crippen LogP contribution in [0.15, 0.2) is 59.8 Å². The number of amides is 2. The van der Waals surface area contributed by atoms with Crippen molar-refractivity contribution in [2.45, 2.75) is 45.0 Å². The number of hydrogen-bond donors (Lipinski definition) is 3. The van der Waals surface area contributed by atoms with Gasteiger partial charge in [0, 0.05) is 12.7 Å². The number of aromatic nitrogens is 1. The molecule has 5 rings (SSSR count). The van der Waals surface area contributed by atoms with Crippen molar-refractivity contribution in [1.29, 1.82) is 0 Å². The lowest BCUT2D eigenvalue weighted by Crippen LogP contribution is -2.46. The Morgan fingerprint density at radius 1 is 1.18 bits per heavy atom. The molecule has 38 heavy (non-hydrogen) atoms. The van der Waals surface area contributed by atoms with E-state index in [1.54, 1.807) is 24.4 Å². The molecule has 1 aromatic carbocycles. The molecule has 0 radical (unpaired) electrons. The van der Waals surface area contributed by atoms with Gasteiger partial charge in [0.15, 0.2) is 0 Å². The molecule has 0 bridgehead atoms. The third-order valence-corrected chi connectivity index (χ3v) is 7.92. The molecule has 0 unspecified atom stereocenters. The number of aliphatic hydroxyl groups excluding tert-OH is 1. The number of phenols is 1. The molecular formula is C29H33BN2O6. The van der Waals surface area contributed by atoms with Gasteiger partial charge in [0.05, 0.1) is 30.2 Å². The van der Waals surface area contributed by atoms with Crippen LogP contribution in [-0.2, 0) is 14.2 Å². The number of carbonyl (C=O) groups is 2. The van der Waals surface area contributed by atoms with Gasteiger partial charge in [0.1, 0.15) is 5.75 Å². The number of fused-ring (bicyclic) bond motifs is 3. The van der Waals surface area contributed by atoms with E-state index >= 15 is 0 Å². The SMILES string of the molecule is CCCN1C(=O)[C@@H]2[C@@H](CC(CO)=C3[C@@H](CC/C(=C/c4cccc(O)c4)c4ccccn4)OB(O)C[C@@H]32)C1=O. The number of nitrogens with zero attached hydrogens (tertiary/aromatic N) is 2. The Labute approximate surface area is 222 Å². The topological polar surface area (TPSA) is 120 Å². The molecule has 2 aliphatic heterocycles. The standard InChI is InChI=1S/C29H33BN2O6/c1-2-12-32-28(35)22-15-20(17-33)26-23(27(22)29(32)36)16-30(37)38-25(26)10-9-19(24-8-3-4-11-31-24)13-18-6-5-7-21(34)14-18/h3-8,11,13-14,22-23,25,27,33-34,37H,2,9-10,12,15-17H2,1H3/b19-13-/t22-,23+,25-,27-/m1/s1. The van der Waals surface area contributed by atoms with Crippen molar-refractivity contribution in [1.82, 2.24) is 9.88 Å². The molecule has 8 nitrogen and oxygen atoms in total. The summed E-state index contributed by atoms with van der Waals surface area (Å²) in [7, 11) is -1.07. The summed E-state index contributed by atoms with van der Waals surface area (Å²) in [5.41, 5.74) is 4.14. The monoisotopic (exact) mass is 516 g/mol. The van der Waals surface area contributed by atoms with Crippen molar-refractivity contribution in [3.05, 3.63) is 71.1 Å². The zero-order chi connectivity index (χ0) is 26.8. The van der Waals surface area contributed by atoms with E-state index in [2.05, 4.69) is 4.98 Å². The maximum atomic E-state index is 13.3. The Hall–Kier alpha value is -3.27. The Bertz CT molecular complexity index is 1260. The van der Waals surface area contributed by atoms with E-state index in [-0.39, 0.29) is 36.4 Å². The van der Waals surface area contributed by atoms with Gasteiger partial charge in [-0.15, -0.1) is 0 Å². The van der Waals surface area contributed by atoms with Crippen LogP contribution in [-0.4, -0.2) is 63.3 Å². The third kappa shape index (κ3) is 5.06. The quantitative estimate of drug-likeness (QED) is 0.280. The molecule has 9 heteroatoms. The van der Waals surface area contributed by atoms with E-state index in [0.29, 0.717) is 32.2 Å². The Kier molecular flexibility index (Phi) is 7.79. The number of aromatic hydroxyl groups is 1. The predicted octanol–water partition coefficient (Wildman–Crippen LogP) is 3.31. The molecule has 3 heterocycles. The number of rotatable bonds is 8. The number of imide groups is 1. The predicted molar refractivity (Wildman–Crippen MR) is 143 cm³/mol. The van der Waals surface area contributed by atoms with Crippen LogP contribution < -0.4 is 0 Å². The van der Waals surface area contributed by atoms with Crippen molar-refractivity contribution in [3.8, 4) is 5.75 Å². The van der Waals surface area contributed by atoms with Gasteiger partial charge in [-0.3, -0.25) is 19.5 Å². The average molecular weight is 516 g/mol. The number of pyridine rings is 1. The summed E-state index contributed by atoms with van der Waals surface area (Å²) in [5.74, 6) is -1.55. The van der Waals surface area contributed by atoms with Gasteiger partial charge in [0.2, 0.25) is 11.8 Å². The van der Waals surface area contributed by atoms with E-state index in [1.165, 1.54) is 4.90 Å².